The number of nitrogens with zero attached hydrogens (tertiary/aromatic N) is 1. The van der Waals surface area contributed by atoms with Crippen molar-refractivity contribution in [3.8, 4) is 0 Å². The number of aliphatic hydroxyl groups is 1. The minimum Gasteiger partial charge on any atom is -0.394 e. The summed E-state index contributed by atoms with van der Waals surface area (Å²) in [6.07, 6.45) is 1.81. The number of hydrogen-bond donors (Lipinski definition) is 3. The lowest BCUT2D eigenvalue weighted by molar-refractivity contribution is -0.146. The summed E-state index contributed by atoms with van der Waals surface area (Å²) < 4.78 is 6.59. The number of rotatable bonds is 10. The number of hydrogen-bond acceptors (Lipinski definition) is 5. The molecule has 3 fully saturated rings. The maximum Gasteiger partial charge on any atom is 0.246 e. The maximum absolute atomic E-state index is 14.3. The predicted octanol–water partition coefficient (Wildman–Crippen LogP) is 3.20. The molecule has 0 aliphatic carbocycles. The highest BCUT2D eigenvalue weighted by atomic mass is 79.9. The van der Waals surface area contributed by atoms with E-state index >= 15 is 0 Å². The number of amides is 3. The number of nitrogens with one attached hydrogen (secondary N) is 2. The lowest BCUT2D eigenvalue weighted by atomic mass is 9.70. The predicted molar refractivity (Wildman–Crippen MR) is 153 cm³/mol. The van der Waals surface area contributed by atoms with E-state index in [4.69, 9.17) is 4.74 Å². The molecule has 3 heterocycles. The van der Waals surface area contributed by atoms with E-state index in [0.29, 0.717) is 19.4 Å². The second-order valence-corrected chi connectivity index (χ2v) is 14.5. The number of benzene rings is 1. The van der Waals surface area contributed by atoms with Crippen LogP contribution in [-0.2, 0) is 25.5 Å². The molecule has 9 heteroatoms. The minimum absolute atomic E-state index is 0.0323. The number of likely N-dealkylation sites (tertiary alicyclic amines) is 1. The van der Waals surface area contributed by atoms with Gasteiger partial charge in [-0.3, -0.25) is 14.4 Å². The van der Waals surface area contributed by atoms with Gasteiger partial charge in [0.2, 0.25) is 17.7 Å². The van der Waals surface area contributed by atoms with E-state index in [-0.39, 0.29) is 34.6 Å². The van der Waals surface area contributed by atoms with E-state index < -0.39 is 41.2 Å². The van der Waals surface area contributed by atoms with Crippen molar-refractivity contribution in [2.45, 2.75) is 101 Å². The monoisotopic (exact) mass is 605 g/mol. The second kappa shape index (κ2) is 11.1. The van der Waals surface area contributed by atoms with Crippen LogP contribution in [0.1, 0.15) is 66.4 Å². The zero-order valence-electron chi connectivity index (χ0n) is 24.0. The van der Waals surface area contributed by atoms with Crippen LogP contribution in [-0.4, -0.2) is 75.0 Å². The van der Waals surface area contributed by atoms with Gasteiger partial charge in [0.25, 0.3) is 0 Å². The van der Waals surface area contributed by atoms with Gasteiger partial charge in [0.05, 0.1) is 30.6 Å². The SMILES string of the molecule is CCCNC(=O)[C@H]1[C@@H]2OC3(CC2Br)C(C(=O)NC(C)(C)CC(C)(C)C)N([C@@H](CO)Cc2ccccc2)C(=O)[C@H]13. The lowest BCUT2D eigenvalue weighted by Crippen LogP contribution is -2.61. The zero-order chi connectivity index (χ0) is 28.8. The van der Waals surface area contributed by atoms with E-state index in [0.717, 1.165) is 18.4 Å². The van der Waals surface area contributed by atoms with Gasteiger partial charge in [0, 0.05) is 16.9 Å². The lowest BCUT2D eigenvalue weighted by Gasteiger charge is -2.40. The third kappa shape index (κ3) is 5.77. The Labute approximate surface area is 240 Å². The first-order valence-electron chi connectivity index (χ1n) is 14.1. The average Bonchev–Trinajstić information content (AvgIpc) is 3.43. The summed E-state index contributed by atoms with van der Waals surface area (Å²) in [5.41, 5.74) is -0.784. The van der Waals surface area contributed by atoms with Crippen LogP contribution >= 0.6 is 15.9 Å². The van der Waals surface area contributed by atoms with Crippen LogP contribution in [0, 0.1) is 17.3 Å². The first kappa shape index (κ1) is 30.0. The molecule has 8 nitrogen and oxygen atoms in total. The first-order valence-corrected chi connectivity index (χ1v) is 15.0. The molecule has 4 rings (SSSR count). The summed E-state index contributed by atoms with van der Waals surface area (Å²) in [7, 11) is 0. The molecule has 1 spiro atoms. The van der Waals surface area contributed by atoms with E-state index in [2.05, 4.69) is 47.3 Å². The van der Waals surface area contributed by atoms with Crippen LogP contribution in [0.25, 0.3) is 0 Å². The van der Waals surface area contributed by atoms with Crippen molar-refractivity contribution in [1.82, 2.24) is 15.5 Å². The molecular formula is C30H44BrN3O5. The third-order valence-electron chi connectivity index (χ3n) is 8.18. The number of alkyl halides is 1. The number of fused-ring (bicyclic) bond motifs is 1. The van der Waals surface area contributed by atoms with Gasteiger partial charge in [-0.05, 0) is 50.5 Å². The Kier molecular flexibility index (Phi) is 8.56. The fourth-order valence-corrected chi connectivity index (χ4v) is 8.28. The molecule has 0 saturated carbocycles. The molecule has 3 aliphatic heterocycles. The molecule has 1 aromatic rings. The number of aliphatic hydroxyl groups excluding tert-OH is 1. The minimum atomic E-state index is -1.16. The van der Waals surface area contributed by atoms with Crippen LogP contribution in [0.3, 0.4) is 0 Å². The zero-order valence-corrected chi connectivity index (χ0v) is 25.6. The highest BCUT2D eigenvalue weighted by Crippen LogP contribution is 2.60. The molecule has 0 radical (unpaired) electrons. The molecule has 2 bridgehead atoms. The molecule has 3 saturated heterocycles. The summed E-state index contributed by atoms with van der Waals surface area (Å²) in [5, 5.41) is 16.7. The van der Waals surface area contributed by atoms with E-state index in [1.807, 2.05) is 51.1 Å². The van der Waals surface area contributed by atoms with Crippen LogP contribution in [0.15, 0.2) is 30.3 Å². The molecule has 1 aromatic carbocycles. The fourth-order valence-electron chi connectivity index (χ4n) is 7.33. The number of carbonyl (C=O) groups is 3. The van der Waals surface area contributed by atoms with Gasteiger partial charge in [0.1, 0.15) is 11.6 Å². The Balaban J connectivity index is 1.75. The quantitative estimate of drug-likeness (QED) is 0.355. The van der Waals surface area contributed by atoms with E-state index in [1.165, 1.54) is 0 Å². The second-order valence-electron chi connectivity index (χ2n) is 13.3. The summed E-state index contributed by atoms with van der Waals surface area (Å²) in [5.74, 6) is -2.32. The van der Waals surface area contributed by atoms with Gasteiger partial charge < -0.3 is 25.4 Å². The van der Waals surface area contributed by atoms with Crippen LogP contribution in [0.5, 0.6) is 0 Å². The Morgan fingerprint density at radius 2 is 1.85 bits per heavy atom. The largest absolute Gasteiger partial charge is 0.394 e. The number of carbonyl (C=O) groups excluding carboxylic acids is 3. The maximum atomic E-state index is 14.3. The van der Waals surface area contributed by atoms with E-state index in [1.54, 1.807) is 4.90 Å². The molecule has 7 atom stereocenters. The third-order valence-corrected chi connectivity index (χ3v) is 9.02. The first-order chi connectivity index (χ1) is 18.2. The molecule has 3 N–H and O–H groups in total. The van der Waals surface area contributed by atoms with Crippen molar-refractivity contribution in [1.29, 1.82) is 0 Å². The van der Waals surface area contributed by atoms with Gasteiger partial charge in [-0.15, -0.1) is 0 Å². The summed E-state index contributed by atoms with van der Waals surface area (Å²) >= 11 is 3.71. The van der Waals surface area contributed by atoms with Crippen molar-refractivity contribution < 1.29 is 24.2 Å². The standard InChI is InChI=1S/C30H44BrN3O5/c1-7-13-32-25(36)21-22-27(38)34(19(16-35)14-18-11-9-8-10-12-18)24(30(22)15-20(31)23(21)39-30)26(37)33-29(5,6)17-28(2,3)4/h8-12,19-24,35H,7,13-17H2,1-6H3,(H,32,36)(H,33,37)/t19-,20?,21-,22+,23-,24?,30?/m1/s1. The van der Waals surface area contributed by atoms with Gasteiger partial charge in [0.15, 0.2) is 0 Å². The smallest absolute Gasteiger partial charge is 0.246 e. The molecule has 3 aliphatic rings. The Morgan fingerprint density at radius 1 is 1.18 bits per heavy atom. The van der Waals surface area contributed by atoms with Gasteiger partial charge in [-0.1, -0.05) is 74.0 Å². The molecule has 3 amide bonds. The van der Waals surface area contributed by atoms with Crippen molar-refractivity contribution in [2.75, 3.05) is 13.2 Å². The van der Waals surface area contributed by atoms with Crippen molar-refractivity contribution in [3.05, 3.63) is 35.9 Å². The molecule has 39 heavy (non-hydrogen) atoms. The van der Waals surface area contributed by atoms with E-state index in [9.17, 15) is 19.5 Å². The van der Waals surface area contributed by atoms with Crippen molar-refractivity contribution in [3.63, 3.8) is 0 Å². The van der Waals surface area contributed by atoms with Gasteiger partial charge >= 0.3 is 0 Å². The summed E-state index contributed by atoms with van der Waals surface area (Å²) in [4.78, 5) is 43.4. The van der Waals surface area contributed by atoms with Crippen molar-refractivity contribution >= 4 is 33.7 Å². The van der Waals surface area contributed by atoms with Crippen LogP contribution in [0.2, 0.25) is 0 Å². The van der Waals surface area contributed by atoms with Crippen LogP contribution < -0.4 is 10.6 Å². The average molecular weight is 607 g/mol. The highest BCUT2D eigenvalue weighted by molar-refractivity contribution is 9.09. The number of halogens is 1. The molecule has 0 aromatic heterocycles. The Bertz CT molecular complexity index is 1070. The summed E-state index contributed by atoms with van der Waals surface area (Å²) in [6.45, 7) is 12.5. The normalized spacial score (nSPS) is 30.8. The van der Waals surface area contributed by atoms with Gasteiger partial charge in [-0.25, -0.2) is 0 Å². The topological polar surface area (TPSA) is 108 Å². The molecule has 216 valence electrons. The fraction of sp³-hybridized carbons (Fsp3) is 0.700. The van der Waals surface area contributed by atoms with Crippen molar-refractivity contribution in [2.24, 2.45) is 17.3 Å². The number of ether oxygens (including phenoxy) is 1. The molecule has 3 unspecified atom stereocenters. The van der Waals surface area contributed by atoms with Crippen LogP contribution in [0.4, 0.5) is 0 Å². The summed E-state index contributed by atoms with van der Waals surface area (Å²) in [6, 6.07) is 8.02. The highest BCUT2D eigenvalue weighted by Gasteiger charge is 2.77. The Hall–Kier alpha value is -1.97. The van der Waals surface area contributed by atoms with Gasteiger partial charge in [-0.2, -0.15) is 0 Å². The molecular weight excluding hydrogens is 562 g/mol. The Morgan fingerprint density at radius 3 is 2.44 bits per heavy atom.